The second kappa shape index (κ2) is 14.0. The van der Waals surface area contributed by atoms with Crippen molar-refractivity contribution in [2.45, 2.75) is 113 Å². The van der Waals surface area contributed by atoms with Crippen molar-refractivity contribution in [2.75, 3.05) is 0 Å². The van der Waals surface area contributed by atoms with Crippen LogP contribution in [-0.2, 0) is 12.8 Å². The zero-order valence-electron chi connectivity index (χ0n) is 28.3. The topological polar surface area (TPSA) is 52.5 Å². The summed E-state index contributed by atoms with van der Waals surface area (Å²) in [5, 5.41) is 6.28. The third-order valence-corrected chi connectivity index (χ3v) is 9.87. The molecule has 4 heteroatoms. The molecule has 0 radical (unpaired) electrons. The third kappa shape index (κ3) is 5.76. The van der Waals surface area contributed by atoms with Crippen molar-refractivity contribution in [1.82, 2.24) is 10.3 Å². The smallest absolute Gasteiger partial charge is 0.0693 e. The number of hydrogen-bond acceptors (Lipinski definition) is 3. The van der Waals surface area contributed by atoms with E-state index in [4.69, 9.17) is 9.98 Å². The van der Waals surface area contributed by atoms with Crippen LogP contribution < -0.4 is 16.0 Å². The fourth-order valence-electron chi connectivity index (χ4n) is 7.79. The summed E-state index contributed by atoms with van der Waals surface area (Å²) in [6.45, 7) is 18.2. The van der Waals surface area contributed by atoms with E-state index in [0.29, 0.717) is 5.92 Å². The van der Waals surface area contributed by atoms with Gasteiger partial charge in [-0.25, -0.2) is 9.98 Å². The maximum absolute atomic E-state index is 5.25. The molecule has 232 valence electrons. The molecule has 2 atom stereocenters. The highest BCUT2D eigenvalue weighted by atomic mass is 15.0. The van der Waals surface area contributed by atoms with Gasteiger partial charge in [-0.2, -0.15) is 0 Å². The monoisotopic (exact) mass is 588 g/mol. The predicted molar refractivity (Wildman–Crippen MR) is 190 cm³/mol. The Labute approximate surface area is 265 Å². The SMILES string of the molecule is CCC1=C(CC)/C2=C/C=C/C3=C(CC)C(CC)C(/C=C4N=C(/C=C/C=c5\[nH]/c(c(CC)c5CC)=C\C1=N2)C(CC)=C\4CC)N3. The Morgan fingerprint density at radius 2 is 1.23 bits per heavy atom. The number of aromatic nitrogens is 1. The van der Waals surface area contributed by atoms with Gasteiger partial charge in [-0.1, -0.05) is 67.5 Å². The number of H-pyrrole nitrogens is 1. The van der Waals surface area contributed by atoms with Gasteiger partial charge in [0, 0.05) is 22.3 Å². The lowest BCUT2D eigenvalue weighted by Crippen LogP contribution is -2.26. The molecule has 0 aliphatic carbocycles. The Hall–Kier alpha value is -3.66. The summed E-state index contributed by atoms with van der Waals surface area (Å²) in [7, 11) is 0. The summed E-state index contributed by atoms with van der Waals surface area (Å²) in [5.41, 5.74) is 15.5. The molecule has 8 bridgehead atoms. The number of aromatic amines is 1. The van der Waals surface area contributed by atoms with Gasteiger partial charge in [0.1, 0.15) is 0 Å². The highest BCUT2D eigenvalue weighted by Crippen LogP contribution is 2.37. The van der Waals surface area contributed by atoms with Crippen LogP contribution in [0, 0.1) is 5.92 Å². The molecule has 0 saturated heterocycles. The average Bonchev–Trinajstić information content (AvgIpc) is 3.75. The predicted octanol–water partition coefficient (Wildman–Crippen LogP) is 8.40. The van der Waals surface area contributed by atoms with Crippen molar-refractivity contribution < 1.29 is 0 Å². The molecule has 1 aromatic heterocycles. The van der Waals surface area contributed by atoms with Crippen molar-refractivity contribution in [3.8, 4) is 0 Å². The first-order chi connectivity index (χ1) is 21.5. The van der Waals surface area contributed by atoms with Crippen LogP contribution in [0.25, 0.3) is 12.2 Å². The molecule has 0 amide bonds. The molecule has 2 N–H and O–H groups in total. The molecule has 0 saturated carbocycles. The second-order valence-electron chi connectivity index (χ2n) is 12.0. The largest absolute Gasteiger partial charge is 0.378 e. The van der Waals surface area contributed by atoms with Gasteiger partial charge < -0.3 is 10.3 Å². The quantitative estimate of drug-likeness (QED) is 0.315. The van der Waals surface area contributed by atoms with E-state index in [2.05, 4.69) is 114 Å². The summed E-state index contributed by atoms with van der Waals surface area (Å²) in [6.07, 6.45) is 26.1. The van der Waals surface area contributed by atoms with Crippen molar-refractivity contribution in [2.24, 2.45) is 15.9 Å². The highest BCUT2D eigenvalue weighted by Gasteiger charge is 2.31. The van der Waals surface area contributed by atoms with Crippen LogP contribution in [0.3, 0.4) is 0 Å². The van der Waals surface area contributed by atoms with Crippen LogP contribution in [-0.4, -0.2) is 22.4 Å². The van der Waals surface area contributed by atoms with Gasteiger partial charge in [-0.15, -0.1) is 0 Å². The fourth-order valence-corrected chi connectivity index (χ4v) is 7.79. The minimum Gasteiger partial charge on any atom is -0.378 e. The van der Waals surface area contributed by atoms with E-state index in [1.54, 1.807) is 0 Å². The third-order valence-electron chi connectivity index (χ3n) is 9.87. The maximum atomic E-state index is 5.25. The van der Waals surface area contributed by atoms with Gasteiger partial charge in [0.05, 0.1) is 28.9 Å². The lowest BCUT2D eigenvalue weighted by molar-refractivity contribution is 0.514. The van der Waals surface area contributed by atoms with Crippen LogP contribution in [0.1, 0.15) is 105 Å². The number of allylic oxidation sites excluding steroid dienone is 9. The molecule has 5 rings (SSSR count). The minimum absolute atomic E-state index is 0.238. The van der Waals surface area contributed by atoms with Crippen LogP contribution in [0.2, 0.25) is 0 Å². The maximum Gasteiger partial charge on any atom is 0.0693 e. The van der Waals surface area contributed by atoms with Gasteiger partial charge in [0.15, 0.2) is 0 Å². The Morgan fingerprint density at radius 3 is 1.86 bits per heavy atom. The van der Waals surface area contributed by atoms with Crippen molar-refractivity contribution >= 4 is 23.6 Å². The first kappa shape index (κ1) is 31.8. The molecule has 0 spiro atoms. The van der Waals surface area contributed by atoms with Crippen molar-refractivity contribution in [1.29, 1.82) is 0 Å². The van der Waals surface area contributed by atoms with Crippen molar-refractivity contribution in [3.63, 3.8) is 0 Å². The summed E-state index contributed by atoms with van der Waals surface area (Å²) < 4.78 is 0. The average molecular weight is 589 g/mol. The number of nitrogens with one attached hydrogen (secondary N) is 2. The molecular formula is C40H52N4. The van der Waals surface area contributed by atoms with E-state index in [-0.39, 0.29) is 6.04 Å². The summed E-state index contributed by atoms with van der Waals surface area (Å²) in [6, 6.07) is 0.238. The van der Waals surface area contributed by atoms with Gasteiger partial charge in [0.2, 0.25) is 0 Å². The van der Waals surface area contributed by atoms with E-state index >= 15 is 0 Å². The molecule has 5 heterocycles. The lowest BCUT2D eigenvalue weighted by atomic mass is 9.88. The summed E-state index contributed by atoms with van der Waals surface area (Å²) in [4.78, 5) is 14.3. The van der Waals surface area contributed by atoms with Gasteiger partial charge in [-0.05, 0) is 127 Å². The molecule has 4 nitrogen and oxygen atoms in total. The molecule has 4 aliphatic rings. The molecule has 2 unspecified atom stereocenters. The van der Waals surface area contributed by atoms with Crippen LogP contribution in [0.5, 0.6) is 0 Å². The Bertz CT molecular complexity index is 1700. The van der Waals surface area contributed by atoms with E-state index in [1.165, 1.54) is 55.4 Å². The number of fused-ring (bicyclic) bond motifs is 6. The highest BCUT2D eigenvalue weighted by molar-refractivity contribution is 6.23. The van der Waals surface area contributed by atoms with Gasteiger partial charge in [0.25, 0.3) is 0 Å². The Morgan fingerprint density at radius 1 is 0.614 bits per heavy atom. The van der Waals surface area contributed by atoms with Gasteiger partial charge in [-0.3, -0.25) is 0 Å². The van der Waals surface area contributed by atoms with E-state index < -0.39 is 0 Å². The van der Waals surface area contributed by atoms with E-state index in [9.17, 15) is 0 Å². The fraction of sp³-hybridized carbons (Fsp3) is 0.450. The molecular weight excluding hydrogens is 536 g/mol. The Balaban J connectivity index is 1.75. The van der Waals surface area contributed by atoms with Gasteiger partial charge >= 0.3 is 0 Å². The van der Waals surface area contributed by atoms with E-state index in [1.807, 2.05) is 0 Å². The summed E-state index contributed by atoms with van der Waals surface area (Å²) in [5.74, 6) is 0.464. The van der Waals surface area contributed by atoms with E-state index in [0.717, 1.165) is 74.2 Å². The van der Waals surface area contributed by atoms with Crippen LogP contribution in [0.4, 0.5) is 0 Å². The zero-order chi connectivity index (χ0) is 31.4. The molecule has 0 aromatic carbocycles. The normalized spacial score (nSPS) is 27.0. The number of nitrogens with zero attached hydrogens (tertiary/aromatic N) is 2. The minimum atomic E-state index is 0.238. The van der Waals surface area contributed by atoms with Crippen molar-refractivity contribution in [3.05, 3.63) is 103 Å². The Kier molecular flexibility index (Phi) is 10.1. The zero-order valence-corrected chi connectivity index (χ0v) is 28.3. The second-order valence-corrected chi connectivity index (χ2v) is 12.0. The number of aliphatic imine (C=N–C) groups is 2. The molecule has 44 heavy (non-hydrogen) atoms. The first-order valence-electron chi connectivity index (χ1n) is 17.3. The first-order valence-corrected chi connectivity index (χ1v) is 17.3. The van der Waals surface area contributed by atoms with Crippen LogP contribution in [0.15, 0.2) is 91.4 Å². The molecule has 4 aliphatic heterocycles. The number of rotatable bonds is 8. The molecule has 0 fully saturated rings. The van der Waals surface area contributed by atoms with Crippen LogP contribution >= 0.6 is 0 Å². The summed E-state index contributed by atoms with van der Waals surface area (Å²) >= 11 is 0. The lowest BCUT2D eigenvalue weighted by Gasteiger charge is -2.18. The molecule has 1 aromatic rings. The number of hydrogen-bond donors (Lipinski definition) is 2. The standard InChI is InChI=1S/C40H52N4/c1-9-25-29(13-5)37-23-38-30(14-6)26(10-2)35(42-38)21-18-22-36-28(12-4)32(16-8)40(44-36)24-39-31(15-7)27(11-3)34(43-39)20-17-19-33(25)41-37/h17-24,29,37,41,44H,9-16H2,1-8H3/b19-17+,21-18+,34-20-,36-22-,38-23-,40-24-.